The van der Waals surface area contributed by atoms with Crippen LogP contribution < -0.4 is 10.6 Å². The molecule has 6 nitrogen and oxygen atoms in total. The van der Waals surface area contributed by atoms with E-state index < -0.39 is 0 Å². The van der Waals surface area contributed by atoms with Crippen molar-refractivity contribution in [1.29, 1.82) is 0 Å². The highest BCUT2D eigenvalue weighted by Crippen LogP contribution is 2.11. The molecule has 0 aliphatic carbocycles. The molecule has 2 rings (SSSR count). The molecule has 0 atom stereocenters. The number of aryl methyl sites for hydroxylation is 2. The van der Waals surface area contributed by atoms with Gasteiger partial charge in [-0.05, 0) is 43.7 Å². The van der Waals surface area contributed by atoms with Crippen LogP contribution >= 0.6 is 11.8 Å². The van der Waals surface area contributed by atoms with Crippen molar-refractivity contribution in [2.45, 2.75) is 13.8 Å². The maximum Gasteiger partial charge on any atom is 0.243 e. The van der Waals surface area contributed by atoms with Gasteiger partial charge in [-0.3, -0.25) is 14.4 Å². The number of rotatable bonds is 8. The minimum atomic E-state index is -0.262. The maximum absolute atomic E-state index is 12.2. The van der Waals surface area contributed by atoms with Gasteiger partial charge >= 0.3 is 0 Å². The number of nitrogens with zero attached hydrogens (tertiary/aromatic N) is 1. The molecule has 2 aromatic carbocycles. The molecule has 0 saturated heterocycles. The lowest BCUT2D eigenvalue weighted by Crippen LogP contribution is -2.36. The van der Waals surface area contributed by atoms with Gasteiger partial charge in [0.15, 0.2) is 0 Å². The fourth-order valence-electron chi connectivity index (χ4n) is 2.40. The molecule has 28 heavy (non-hydrogen) atoms. The predicted octanol–water partition coefficient (Wildman–Crippen LogP) is 3.07. The Kier molecular flexibility index (Phi) is 8.07. The van der Waals surface area contributed by atoms with Crippen LogP contribution in [0.2, 0.25) is 0 Å². The Labute approximate surface area is 169 Å². The number of anilines is 2. The lowest BCUT2D eigenvalue weighted by molar-refractivity contribution is -0.131. The summed E-state index contributed by atoms with van der Waals surface area (Å²) < 4.78 is 0. The quantitative estimate of drug-likeness (QED) is 0.715. The summed E-state index contributed by atoms with van der Waals surface area (Å²) >= 11 is 1.22. The third kappa shape index (κ3) is 7.44. The third-order valence-electron chi connectivity index (χ3n) is 3.90. The molecule has 148 valence electrons. The van der Waals surface area contributed by atoms with Crippen molar-refractivity contribution in [3.05, 3.63) is 59.7 Å². The first kappa shape index (κ1) is 21.5. The number of likely N-dealkylation sites (N-methyl/N-ethyl adjacent to an activating group) is 1. The summed E-state index contributed by atoms with van der Waals surface area (Å²) in [5.41, 5.74) is 3.60. The summed E-state index contributed by atoms with van der Waals surface area (Å²) in [7, 11) is 1.57. The largest absolute Gasteiger partial charge is 0.336 e. The van der Waals surface area contributed by atoms with Crippen molar-refractivity contribution in [3.63, 3.8) is 0 Å². The summed E-state index contributed by atoms with van der Waals surface area (Å²) in [6.07, 6.45) is 0. The van der Waals surface area contributed by atoms with Crippen LogP contribution in [0.4, 0.5) is 11.4 Å². The van der Waals surface area contributed by atoms with E-state index in [-0.39, 0.29) is 35.8 Å². The zero-order valence-electron chi connectivity index (χ0n) is 16.3. The molecule has 0 fully saturated rings. The molecule has 0 aliphatic heterocycles. The van der Waals surface area contributed by atoms with Crippen molar-refractivity contribution in [2.24, 2.45) is 0 Å². The van der Waals surface area contributed by atoms with Crippen molar-refractivity contribution >= 4 is 40.9 Å². The fraction of sp³-hybridized carbons (Fsp3) is 0.286. The summed E-state index contributed by atoms with van der Waals surface area (Å²) in [5, 5.41) is 5.56. The van der Waals surface area contributed by atoms with Gasteiger partial charge in [-0.1, -0.05) is 29.8 Å². The van der Waals surface area contributed by atoms with Crippen LogP contribution in [0.25, 0.3) is 0 Å². The molecule has 7 heteroatoms. The second-order valence-corrected chi connectivity index (χ2v) is 7.56. The average Bonchev–Trinajstić information content (AvgIpc) is 2.63. The van der Waals surface area contributed by atoms with Crippen molar-refractivity contribution < 1.29 is 14.4 Å². The van der Waals surface area contributed by atoms with Crippen molar-refractivity contribution in [1.82, 2.24) is 4.90 Å². The molecule has 0 heterocycles. The third-order valence-corrected chi connectivity index (χ3v) is 4.82. The number of amides is 3. The van der Waals surface area contributed by atoms with Gasteiger partial charge in [0.25, 0.3) is 0 Å². The number of hydrogen-bond acceptors (Lipinski definition) is 4. The summed E-state index contributed by atoms with van der Waals surface area (Å²) in [6.45, 7) is 3.88. The van der Waals surface area contributed by atoms with Gasteiger partial charge in [0.2, 0.25) is 17.7 Å². The van der Waals surface area contributed by atoms with Crippen LogP contribution in [0.1, 0.15) is 11.1 Å². The fourth-order valence-corrected chi connectivity index (χ4v) is 3.16. The molecule has 0 saturated carbocycles. The molecule has 0 radical (unpaired) electrons. The predicted molar refractivity (Wildman–Crippen MR) is 115 cm³/mol. The Morgan fingerprint density at radius 3 is 2.21 bits per heavy atom. The summed E-state index contributed by atoms with van der Waals surface area (Å²) in [5.74, 6) is -0.323. The van der Waals surface area contributed by atoms with Gasteiger partial charge in [-0.15, -0.1) is 11.8 Å². The minimum Gasteiger partial charge on any atom is -0.336 e. The average molecular weight is 400 g/mol. The van der Waals surface area contributed by atoms with Gasteiger partial charge < -0.3 is 15.5 Å². The highest BCUT2D eigenvalue weighted by atomic mass is 32.2. The molecular formula is C21H25N3O3S. The number of nitrogens with one attached hydrogen (secondary N) is 2. The molecule has 3 amide bonds. The highest BCUT2D eigenvalue weighted by Gasteiger charge is 2.14. The SMILES string of the molecule is Cc1ccc(NC(=O)CN(C)C(=O)CSCC(=O)Nc2cccc(C)c2)cc1. The van der Waals surface area contributed by atoms with Gasteiger partial charge in [-0.2, -0.15) is 0 Å². The van der Waals surface area contributed by atoms with E-state index in [1.807, 2.05) is 62.4 Å². The second-order valence-electron chi connectivity index (χ2n) is 6.57. The molecular weight excluding hydrogens is 374 g/mol. The Hall–Kier alpha value is -2.80. The lowest BCUT2D eigenvalue weighted by Gasteiger charge is -2.16. The van der Waals surface area contributed by atoms with E-state index in [0.29, 0.717) is 5.69 Å². The van der Waals surface area contributed by atoms with E-state index in [4.69, 9.17) is 0 Å². The zero-order valence-corrected chi connectivity index (χ0v) is 17.1. The first-order valence-corrected chi connectivity index (χ1v) is 10.0. The minimum absolute atomic E-state index is 0.0389. The molecule has 0 unspecified atom stereocenters. The standard InChI is InChI=1S/C21H25N3O3S/c1-15-7-9-17(10-8-15)22-19(25)12-24(3)21(27)14-28-13-20(26)23-18-6-4-5-16(2)11-18/h4-11H,12-14H2,1-3H3,(H,22,25)(H,23,26). The van der Waals surface area contributed by atoms with Crippen molar-refractivity contribution in [2.75, 3.05) is 35.7 Å². The van der Waals surface area contributed by atoms with E-state index >= 15 is 0 Å². The van der Waals surface area contributed by atoms with Gasteiger partial charge in [0.05, 0.1) is 18.1 Å². The van der Waals surface area contributed by atoms with E-state index in [1.54, 1.807) is 7.05 Å². The number of carbonyl (C=O) groups is 3. The topological polar surface area (TPSA) is 78.5 Å². The van der Waals surface area contributed by atoms with Crippen LogP contribution in [0.15, 0.2) is 48.5 Å². The first-order chi connectivity index (χ1) is 13.3. The Balaban J connectivity index is 1.69. The van der Waals surface area contributed by atoms with Gasteiger partial charge in [-0.25, -0.2) is 0 Å². The van der Waals surface area contributed by atoms with Crippen LogP contribution in [-0.4, -0.2) is 47.7 Å². The highest BCUT2D eigenvalue weighted by molar-refractivity contribution is 8.00. The zero-order chi connectivity index (χ0) is 20.5. The van der Waals surface area contributed by atoms with Crippen LogP contribution in [-0.2, 0) is 14.4 Å². The number of carbonyl (C=O) groups excluding carboxylic acids is 3. The lowest BCUT2D eigenvalue weighted by atomic mass is 10.2. The molecule has 0 aliphatic rings. The summed E-state index contributed by atoms with van der Waals surface area (Å²) in [4.78, 5) is 37.5. The monoisotopic (exact) mass is 399 g/mol. The molecule has 2 aromatic rings. The van der Waals surface area contributed by atoms with Gasteiger partial charge in [0, 0.05) is 18.4 Å². The maximum atomic E-state index is 12.2. The molecule has 0 bridgehead atoms. The Bertz CT molecular complexity index is 837. The van der Waals surface area contributed by atoms with Crippen molar-refractivity contribution in [3.8, 4) is 0 Å². The number of thioether (sulfide) groups is 1. The number of benzene rings is 2. The van der Waals surface area contributed by atoms with Crippen LogP contribution in [0.3, 0.4) is 0 Å². The first-order valence-electron chi connectivity index (χ1n) is 8.88. The van der Waals surface area contributed by atoms with E-state index in [1.165, 1.54) is 16.7 Å². The number of hydrogen-bond donors (Lipinski definition) is 2. The summed E-state index contributed by atoms with van der Waals surface area (Å²) in [6, 6.07) is 15.0. The van der Waals surface area contributed by atoms with E-state index in [0.717, 1.165) is 16.8 Å². The van der Waals surface area contributed by atoms with E-state index in [2.05, 4.69) is 10.6 Å². The molecule has 2 N–H and O–H groups in total. The molecule has 0 spiro atoms. The molecule has 0 aromatic heterocycles. The Morgan fingerprint density at radius 1 is 0.857 bits per heavy atom. The normalized spacial score (nSPS) is 10.2. The van der Waals surface area contributed by atoms with Crippen LogP contribution in [0, 0.1) is 13.8 Å². The Morgan fingerprint density at radius 2 is 1.54 bits per heavy atom. The van der Waals surface area contributed by atoms with Crippen LogP contribution in [0.5, 0.6) is 0 Å². The second kappa shape index (κ2) is 10.5. The van der Waals surface area contributed by atoms with E-state index in [9.17, 15) is 14.4 Å². The van der Waals surface area contributed by atoms with Gasteiger partial charge in [0.1, 0.15) is 0 Å². The smallest absolute Gasteiger partial charge is 0.243 e.